The average molecular weight is 639 g/mol. The van der Waals surface area contributed by atoms with Crippen molar-refractivity contribution in [1.82, 2.24) is 5.32 Å². The summed E-state index contributed by atoms with van der Waals surface area (Å²) in [7, 11) is 0. The highest BCUT2D eigenvalue weighted by Crippen LogP contribution is 2.18. The molecule has 45 heavy (non-hydrogen) atoms. The lowest BCUT2D eigenvalue weighted by Gasteiger charge is -2.18. The second kappa shape index (κ2) is 33.7. The molecule has 0 bridgehead atoms. The number of carbonyl (C=O) groups is 3. The fraction of sp³-hybridized carbons (Fsp3) is 0.921. The van der Waals surface area contributed by atoms with E-state index >= 15 is 0 Å². The number of carboxylic acids is 1. The molecule has 2 atom stereocenters. The maximum atomic E-state index is 12.6. The number of ether oxygens (including phenoxy) is 1. The Morgan fingerprint density at radius 1 is 0.556 bits per heavy atom. The Labute approximate surface area is 278 Å². The summed E-state index contributed by atoms with van der Waals surface area (Å²) in [6.45, 7) is 4.91. The summed E-state index contributed by atoms with van der Waals surface area (Å²) in [5, 5.41) is 11.9. The third-order valence-electron chi connectivity index (χ3n) is 8.92. The van der Waals surface area contributed by atoms with Gasteiger partial charge in [0.15, 0.2) is 0 Å². The average Bonchev–Trinajstić information content (AvgIpc) is 3.02. The van der Waals surface area contributed by atoms with E-state index in [1.165, 1.54) is 109 Å². The molecule has 0 aliphatic heterocycles. The van der Waals surface area contributed by atoms with Crippen LogP contribution in [0.2, 0.25) is 0 Å². The molecule has 0 aromatic rings. The predicted molar refractivity (Wildman–Crippen MR) is 188 cm³/mol. The van der Waals surface area contributed by atoms with Gasteiger partial charge in [0.25, 0.3) is 0 Å². The third-order valence-corrected chi connectivity index (χ3v) is 8.92. The minimum atomic E-state index is -1.01. The van der Waals surface area contributed by atoms with E-state index < -0.39 is 12.0 Å². The summed E-state index contributed by atoms with van der Waals surface area (Å²) in [4.78, 5) is 36.1. The van der Waals surface area contributed by atoms with Crippen LogP contribution < -0.4 is 11.1 Å². The van der Waals surface area contributed by atoms with Gasteiger partial charge in [0.05, 0.1) is 0 Å². The van der Waals surface area contributed by atoms with E-state index in [1.807, 2.05) is 0 Å². The lowest BCUT2D eigenvalue weighted by molar-refractivity contribution is -0.150. The summed E-state index contributed by atoms with van der Waals surface area (Å²) < 4.78 is 5.95. The Bertz CT molecular complexity index is 687. The number of amides is 1. The van der Waals surface area contributed by atoms with Crippen LogP contribution in [0, 0.1) is 0 Å². The van der Waals surface area contributed by atoms with Gasteiger partial charge in [0.1, 0.15) is 12.1 Å². The number of rotatable bonds is 35. The molecule has 2 unspecified atom stereocenters. The number of hydrogen-bond donors (Lipinski definition) is 3. The fourth-order valence-electron chi connectivity index (χ4n) is 5.98. The first-order chi connectivity index (χ1) is 21.9. The third kappa shape index (κ3) is 30.8. The van der Waals surface area contributed by atoms with Crippen LogP contribution in [-0.4, -0.2) is 41.6 Å². The smallest absolute Gasteiger partial charge is 0.326 e. The van der Waals surface area contributed by atoms with Crippen LogP contribution in [-0.2, 0) is 19.1 Å². The van der Waals surface area contributed by atoms with Crippen LogP contribution >= 0.6 is 0 Å². The monoisotopic (exact) mass is 639 g/mol. The zero-order valence-corrected chi connectivity index (χ0v) is 29.7. The molecule has 0 aromatic heterocycles. The fourth-order valence-corrected chi connectivity index (χ4v) is 5.98. The van der Waals surface area contributed by atoms with Crippen LogP contribution in [0.3, 0.4) is 0 Å². The molecule has 0 saturated heterocycles. The number of nitrogens with one attached hydrogen (secondary N) is 1. The largest absolute Gasteiger partial charge is 0.480 e. The van der Waals surface area contributed by atoms with E-state index in [0.29, 0.717) is 32.2 Å². The molecule has 0 fully saturated rings. The van der Waals surface area contributed by atoms with Crippen LogP contribution in [0.15, 0.2) is 0 Å². The van der Waals surface area contributed by atoms with Crippen molar-refractivity contribution in [2.75, 3.05) is 6.54 Å². The molecule has 1 amide bonds. The van der Waals surface area contributed by atoms with E-state index in [0.717, 1.165) is 57.8 Å². The number of carbonyl (C=O) groups excluding carboxylic acids is 2. The first-order valence-electron chi connectivity index (χ1n) is 19.4. The van der Waals surface area contributed by atoms with Gasteiger partial charge in [-0.3, -0.25) is 9.59 Å². The number of hydrogen-bond acceptors (Lipinski definition) is 5. The quantitative estimate of drug-likeness (QED) is 0.0469. The molecule has 0 aromatic carbocycles. The maximum absolute atomic E-state index is 12.6. The Hall–Kier alpha value is -1.63. The number of esters is 1. The zero-order chi connectivity index (χ0) is 33.2. The summed E-state index contributed by atoms with van der Waals surface area (Å²) >= 11 is 0. The van der Waals surface area contributed by atoms with E-state index in [2.05, 4.69) is 19.2 Å². The highest BCUT2D eigenvalue weighted by atomic mass is 16.5. The van der Waals surface area contributed by atoms with Crippen LogP contribution in [0.5, 0.6) is 0 Å². The van der Waals surface area contributed by atoms with Gasteiger partial charge in [-0.15, -0.1) is 0 Å². The normalized spacial score (nSPS) is 12.6. The molecule has 0 heterocycles. The summed E-state index contributed by atoms with van der Waals surface area (Å²) in [6, 6.07) is -0.858. The number of aliphatic carboxylic acids is 1. The highest BCUT2D eigenvalue weighted by molar-refractivity contribution is 5.83. The molecule has 0 radical (unpaired) electrons. The molecule has 7 heteroatoms. The molecular formula is C38H74N2O5. The minimum absolute atomic E-state index is 0.00219. The summed E-state index contributed by atoms with van der Waals surface area (Å²) in [5.74, 6) is -1.26. The number of carboxylic acid groups (broad SMARTS) is 1. The van der Waals surface area contributed by atoms with Gasteiger partial charge in [0.2, 0.25) is 5.91 Å². The topological polar surface area (TPSA) is 119 Å². The van der Waals surface area contributed by atoms with E-state index in [1.54, 1.807) is 0 Å². The summed E-state index contributed by atoms with van der Waals surface area (Å²) in [6.07, 6.45) is 33.0. The predicted octanol–water partition coefficient (Wildman–Crippen LogP) is 10.2. The van der Waals surface area contributed by atoms with Crippen LogP contribution in [0.25, 0.3) is 0 Å². The van der Waals surface area contributed by atoms with Crippen molar-refractivity contribution >= 4 is 17.8 Å². The van der Waals surface area contributed by atoms with E-state index in [9.17, 15) is 19.5 Å². The number of nitrogens with two attached hydrogens (primary N) is 1. The first-order valence-corrected chi connectivity index (χ1v) is 19.4. The molecular weight excluding hydrogens is 564 g/mol. The van der Waals surface area contributed by atoms with Gasteiger partial charge in [-0.1, -0.05) is 142 Å². The Balaban J connectivity index is 4.06. The van der Waals surface area contributed by atoms with Gasteiger partial charge < -0.3 is 20.9 Å². The molecule has 4 N–H and O–H groups in total. The molecule has 0 spiro atoms. The Morgan fingerprint density at radius 2 is 0.956 bits per heavy atom. The van der Waals surface area contributed by atoms with Crippen molar-refractivity contribution in [3.8, 4) is 0 Å². The Morgan fingerprint density at radius 3 is 1.38 bits per heavy atom. The van der Waals surface area contributed by atoms with Crippen molar-refractivity contribution in [3.05, 3.63) is 0 Å². The minimum Gasteiger partial charge on any atom is -0.480 e. The van der Waals surface area contributed by atoms with E-state index in [-0.39, 0.29) is 18.0 Å². The molecule has 0 aliphatic carbocycles. The van der Waals surface area contributed by atoms with Gasteiger partial charge in [-0.05, 0) is 57.9 Å². The molecule has 0 aliphatic rings. The van der Waals surface area contributed by atoms with Crippen molar-refractivity contribution < 1.29 is 24.2 Å². The Kier molecular flexibility index (Phi) is 32.5. The van der Waals surface area contributed by atoms with E-state index in [4.69, 9.17) is 10.5 Å². The summed E-state index contributed by atoms with van der Waals surface area (Å²) in [5.41, 5.74) is 5.46. The van der Waals surface area contributed by atoms with Crippen LogP contribution in [0.4, 0.5) is 0 Å². The maximum Gasteiger partial charge on any atom is 0.326 e. The SMILES string of the molecule is CCCCCCCCCCCCCCCCCC(=O)OC(CCCCCCC)CCCCCCC(=O)NC(CCCN)C(=O)O. The molecule has 0 saturated carbocycles. The lowest BCUT2D eigenvalue weighted by atomic mass is 10.0. The standard InChI is InChI=1S/C38H74N2O5/c1-3-5-7-9-10-11-12-13-14-15-16-17-18-20-26-32-37(42)45-34(28-23-19-8-6-4-2)29-24-21-22-25-31-36(41)40-35(38(43)44)30-27-33-39/h34-35H,3-33,39H2,1-2H3,(H,40,41)(H,43,44). The molecule has 266 valence electrons. The van der Waals surface area contributed by atoms with Crippen molar-refractivity contribution in [2.24, 2.45) is 5.73 Å². The zero-order valence-electron chi connectivity index (χ0n) is 29.7. The molecule has 7 nitrogen and oxygen atoms in total. The lowest BCUT2D eigenvalue weighted by Crippen LogP contribution is -2.40. The van der Waals surface area contributed by atoms with Crippen molar-refractivity contribution in [3.63, 3.8) is 0 Å². The molecule has 0 rings (SSSR count). The van der Waals surface area contributed by atoms with Gasteiger partial charge in [0, 0.05) is 12.8 Å². The van der Waals surface area contributed by atoms with Crippen LogP contribution in [0.1, 0.15) is 206 Å². The second-order valence-corrected chi connectivity index (χ2v) is 13.4. The second-order valence-electron chi connectivity index (χ2n) is 13.4. The van der Waals surface area contributed by atoms with Gasteiger partial charge >= 0.3 is 11.9 Å². The first kappa shape index (κ1) is 43.4. The van der Waals surface area contributed by atoms with Crippen molar-refractivity contribution in [1.29, 1.82) is 0 Å². The van der Waals surface area contributed by atoms with Gasteiger partial charge in [-0.2, -0.15) is 0 Å². The number of unbranched alkanes of at least 4 members (excludes halogenated alkanes) is 21. The highest BCUT2D eigenvalue weighted by Gasteiger charge is 2.19. The van der Waals surface area contributed by atoms with Crippen molar-refractivity contribution in [2.45, 2.75) is 219 Å². The van der Waals surface area contributed by atoms with Gasteiger partial charge in [-0.25, -0.2) is 4.79 Å².